The van der Waals surface area contributed by atoms with E-state index in [1.54, 1.807) is 0 Å². The summed E-state index contributed by atoms with van der Waals surface area (Å²) in [6.45, 7) is 0. The van der Waals surface area contributed by atoms with Crippen LogP contribution < -0.4 is 5.73 Å². The summed E-state index contributed by atoms with van der Waals surface area (Å²) in [6, 6.07) is -0.843. The first-order valence-corrected chi connectivity index (χ1v) is 3.45. The minimum Gasteiger partial charge on any atom is -0.362 e. The van der Waals surface area contributed by atoms with Gasteiger partial charge in [0.2, 0.25) is 0 Å². The zero-order chi connectivity index (χ0) is 9.35. The van der Waals surface area contributed by atoms with Crippen molar-refractivity contribution < 1.29 is 13.2 Å². The number of rotatable bonds is 1. The molecule has 0 bridgehead atoms. The smallest absolute Gasteiger partial charge is 0.362 e. The van der Waals surface area contributed by atoms with Crippen molar-refractivity contribution in [2.24, 2.45) is 5.73 Å². The number of nitrogens with one attached hydrogen (secondary N) is 1. The highest BCUT2D eigenvalue weighted by Crippen LogP contribution is 2.30. The van der Waals surface area contributed by atoms with E-state index in [0.717, 1.165) is 6.07 Å². The lowest BCUT2D eigenvalue weighted by Gasteiger charge is -2.13. The van der Waals surface area contributed by atoms with E-state index >= 15 is 0 Å². The Balaban J connectivity index is 2.85. The maximum atomic E-state index is 12.0. The third kappa shape index (κ3) is 1.92. The predicted octanol–water partition coefficient (Wildman–Crippen LogP) is 2.23. The summed E-state index contributed by atoms with van der Waals surface area (Å²) >= 11 is 5.40. The third-order valence-corrected chi connectivity index (χ3v) is 1.58. The monoisotopic (exact) mass is 198 g/mol. The van der Waals surface area contributed by atoms with Crippen LogP contribution >= 0.6 is 11.6 Å². The molecule has 68 valence electrons. The molecule has 0 spiro atoms. The average Bonchev–Trinajstić information content (AvgIpc) is 2.32. The summed E-state index contributed by atoms with van der Waals surface area (Å²) in [5.41, 5.74) is 4.74. The molecule has 1 aromatic heterocycles. The Morgan fingerprint density at radius 3 is 2.42 bits per heavy atom. The van der Waals surface area contributed by atoms with Crippen molar-refractivity contribution in [2.45, 2.75) is 12.2 Å². The lowest BCUT2D eigenvalue weighted by Crippen LogP contribution is -2.28. The maximum absolute atomic E-state index is 12.0. The Hall–Kier alpha value is -0.680. The van der Waals surface area contributed by atoms with Gasteiger partial charge in [-0.3, -0.25) is 0 Å². The van der Waals surface area contributed by atoms with Crippen LogP contribution in [0.25, 0.3) is 0 Å². The van der Waals surface area contributed by atoms with Gasteiger partial charge in [0.1, 0.15) is 6.04 Å². The second-order valence-electron chi connectivity index (χ2n) is 2.29. The van der Waals surface area contributed by atoms with Crippen molar-refractivity contribution >= 4 is 11.6 Å². The van der Waals surface area contributed by atoms with Crippen LogP contribution in [0.2, 0.25) is 5.02 Å². The fraction of sp³-hybridized carbons (Fsp3) is 0.333. The maximum Gasteiger partial charge on any atom is 0.409 e. The molecular formula is C6H6ClF3N2. The van der Waals surface area contributed by atoms with Gasteiger partial charge in [-0.05, 0) is 6.07 Å². The molecule has 0 aliphatic carbocycles. The second kappa shape index (κ2) is 2.99. The molecule has 0 aromatic carbocycles. The summed E-state index contributed by atoms with van der Waals surface area (Å²) in [7, 11) is 0. The first-order valence-electron chi connectivity index (χ1n) is 3.07. The first kappa shape index (κ1) is 9.41. The molecule has 0 saturated carbocycles. The van der Waals surface area contributed by atoms with Crippen LogP contribution in [-0.2, 0) is 0 Å². The van der Waals surface area contributed by atoms with Gasteiger partial charge in [0.15, 0.2) is 0 Å². The highest BCUT2D eigenvalue weighted by atomic mass is 35.5. The number of alkyl halides is 3. The minimum atomic E-state index is -4.44. The van der Waals surface area contributed by atoms with Gasteiger partial charge in [-0.1, -0.05) is 11.6 Å². The molecule has 0 fully saturated rings. The molecule has 0 amide bonds. The van der Waals surface area contributed by atoms with E-state index in [2.05, 4.69) is 4.98 Å². The van der Waals surface area contributed by atoms with Crippen molar-refractivity contribution in [2.75, 3.05) is 0 Å². The van der Waals surface area contributed by atoms with Gasteiger partial charge in [-0.2, -0.15) is 13.2 Å². The van der Waals surface area contributed by atoms with E-state index in [1.807, 2.05) is 0 Å². The second-order valence-corrected chi connectivity index (χ2v) is 2.73. The number of hydrogen-bond acceptors (Lipinski definition) is 1. The van der Waals surface area contributed by atoms with Crippen molar-refractivity contribution in [3.8, 4) is 0 Å². The number of aromatic amines is 1. The fourth-order valence-electron chi connectivity index (χ4n) is 0.740. The number of halogens is 4. The van der Waals surface area contributed by atoms with Gasteiger partial charge in [0.25, 0.3) is 0 Å². The van der Waals surface area contributed by atoms with Crippen molar-refractivity contribution in [3.63, 3.8) is 0 Å². The normalized spacial score (nSPS) is 14.8. The summed E-state index contributed by atoms with van der Waals surface area (Å²) in [4.78, 5) is 2.33. The molecule has 0 aliphatic rings. The van der Waals surface area contributed by atoms with E-state index in [9.17, 15) is 13.2 Å². The van der Waals surface area contributed by atoms with Crippen LogP contribution in [0.3, 0.4) is 0 Å². The van der Waals surface area contributed by atoms with Gasteiger partial charge in [-0.25, -0.2) is 0 Å². The van der Waals surface area contributed by atoms with Crippen LogP contribution in [-0.4, -0.2) is 11.2 Å². The minimum absolute atomic E-state index is 0.132. The Kier molecular flexibility index (Phi) is 2.34. The molecule has 12 heavy (non-hydrogen) atoms. The molecular weight excluding hydrogens is 193 g/mol. The van der Waals surface area contributed by atoms with Gasteiger partial charge in [-0.15, -0.1) is 0 Å². The van der Waals surface area contributed by atoms with Crippen LogP contribution in [0, 0.1) is 0 Å². The number of hydrogen-bond donors (Lipinski definition) is 2. The van der Waals surface area contributed by atoms with Gasteiger partial charge >= 0.3 is 6.18 Å². The summed E-state index contributed by atoms with van der Waals surface area (Å²) in [6.07, 6.45) is -3.18. The quantitative estimate of drug-likeness (QED) is 0.714. The summed E-state index contributed by atoms with van der Waals surface area (Å²) in [5.74, 6) is 0. The SMILES string of the molecule is N[C@@H](c1cc(Cl)c[nH]1)C(F)(F)F. The van der Waals surface area contributed by atoms with E-state index in [4.69, 9.17) is 17.3 Å². The number of nitrogens with two attached hydrogens (primary N) is 1. The molecule has 1 heterocycles. The van der Waals surface area contributed by atoms with E-state index in [0.29, 0.717) is 0 Å². The molecule has 0 aliphatic heterocycles. The van der Waals surface area contributed by atoms with Crippen LogP contribution in [0.15, 0.2) is 12.3 Å². The Bertz CT molecular complexity index is 268. The topological polar surface area (TPSA) is 41.8 Å². The van der Waals surface area contributed by atoms with Gasteiger partial charge in [0, 0.05) is 11.9 Å². The molecule has 0 radical (unpaired) electrons. The number of H-pyrrole nitrogens is 1. The van der Waals surface area contributed by atoms with E-state index < -0.39 is 12.2 Å². The van der Waals surface area contributed by atoms with E-state index in [-0.39, 0.29) is 10.7 Å². The Labute approximate surface area is 71.5 Å². The van der Waals surface area contributed by atoms with Gasteiger partial charge < -0.3 is 10.7 Å². The van der Waals surface area contributed by atoms with Crippen LogP contribution in [0.1, 0.15) is 11.7 Å². The molecule has 1 rings (SSSR count). The molecule has 0 unspecified atom stereocenters. The number of aromatic nitrogens is 1. The first-order chi connectivity index (χ1) is 5.41. The van der Waals surface area contributed by atoms with Crippen LogP contribution in [0.5, 0.6) is 0 Å². The van der Waals surface area contributed by atoms with Crippen molar-refractivity contribution in [3.05, 3.63) is 23.0 Å². The molecule has 0 saturated heterocycles. The Morgan fingerprint density at radius 2 is 2.08 bits per heavy atom. The molecule has 6 heteroatoms. The van der Waals surface area contributed by atoms with E-state index in [1.165, 1.54) is 6.20 Å². The third-order valence-electron chi connectivity index (χ3n) is 1.36. The van der Waals surface area contributed by atoms with Crippen molar-refractivity contribution in [1.29, 1.82) is 0 Å². The largest absolute Gasteiger partial charge is 0.409 e. The van der Waals surface area contributed by atoms with Gasteiger partial charge in [0.05, 0.1) is 5.02 Å². The summed E-state index contributed by atoms with van der Waals surface area (Å²) in [5, 5.41) is 0.213. The zero-order valence-corrected chi connectivity index (χ0v) is 6.58. The highest BCUT2D eigenvalue weighted by Gasteiger charge is 2.38. The predicted molar refractivity (Wildman–Crippen MR) is 38.8 cm³/mol. The zero-order valence-electron chi connectivity index (χ0n) is 5.82. The lowest BCUT2D eigenvalue weighted by molar-refractivity contribution is -0.149. The van der Waals surface area contributed by atoms with Crippen LogP contribution in [0.4, 0.5) is 13.2 Å². The Morgan fingerprint density at radius 1 is 1.50 bits per heavy atom. The molecule has 3 N–H and O–H groups in total. The molecule has 1 atom stereocenters. The summed E-state index contributed by atoms with van der Waals surface area (Å²) < 4.78 is 35.9. The average molecular weight is 199 g/mol. The highest BCUT2D eigenvalue weighted by molar-refractivity contribution is 6.30. The standard InChI is InChI=1S/C6H6ClF3N2/c7-3-1-4(12-2-3)5(11)6(8,9)10/h1-2,5,12H,11H2/t5-/m0/s1. The fourth-order valence-corrected chi connectivity index (χ4v) is 0.912. The van der Waals surface area contributed by atoms with Crippen molar-refractivity contribution in [1.82, 2.24) is 4.98 Å². The molecule has 1 aromatic rings. The molecule has 2 nitrogen and oxygen atoms in total. The lowest BCUT2D eigenvalue weighted by atomic mass is 10.2.